The average molecular weight is 305 g/mol. The van der Waals surface area contributed by atoms with Gasteiger partial charge in [-0.2, -0.15) is 0 Å². The molecule has 0 unspecified atom stereocenters. The Balaban J connectivity index is 2.07. The number of rotatable bonds is 5. The van der Waals surface area contributed by atoms with Crippen LogP contribution in [0.5, 0.6) is 0 Å². The molecule has 1 aromatic carbocycles. The monoisotopic (exact) mass is 305 g/mol. The van der Waals surface area contributed by atoms with Crippen LogP contribution in [0.15, 0.2) is 18.2 Å². The van der Waals surface area contributed by atoms with E-state index in [2.05, 4.69) is 4.72 Å². The van der Waals surface area contributed by atoms with Gasteiger partial charge >= 0.3 is 0 Å². The van der Waals surface area contributed by atoms with Crippen LogP contribution < -0.4 is 4.72 Å². The molecular formula is C13H17F2NO3S. The van der Waals surface area contributed by atoms with Gasteiger partial charge in [0.1, 0.15) is 11.6 Å². The minimum Gasteiger partial charge on any atom is -0.381 e. The zero-order valence-corrected chi connectivity index (χ0v) is 11.9. The zero-order chi connectivity index (χ0) is 14.8. The molecule has 1 aliphatic heterocycles. The number of halogens is 2. The topological polar surface area (TPSA) is 55.4 Å². The molecule has 7 heteroatoms. The fourth-order valence-corrected chi connectivity index (χ4v) is 3.73. The zero-order valence-electron chi connectivity index (χ0n) is 11.1. The van der Waals surface area contributed by atoms with E-state index in [1.165, 1.54) is 6.07 Å². The molecule has 0 bridgehead atoms. The van der Waals surface area contributed by atoms with E-state index in [1.807, 2.05) is 0 Å². The van der Waals surface area contributed by atoms with Crippen molar-refractivity contribution in [3.8, 4) is 0 Å². The van der Waals surface area contributed by atoms with Gasteiger partial charge in [0.05, 0.1) is 12.4 Å². The van der Waals surface area contributed by atoms with Gasteiger partial charge in [0.25, 0.3) is 0 Å². The molecule has 1 heterocycles. The number of ether oxygens (including phenoxy) is 1. The molecule has 1 aromatic rings. The SMILES string of the molecule is C[C@@H](NS(=O)(=O)Cc1c(F)cccc1F)[C@H]1CCOC1. The first kappa shape index (κ1) is 15.3. The lowest BCUT2D eigenvalue weighted by Crippen LogP contribution is -2.39. The van der Waals surface area contributed by atoms with Crippen LogP contribution in [-0.2, 0) is 20.5 Å². The fourth-order valence-electron chi connectivity index (χ4n) is 2.23. The van der Waals surface area contributed by atoms with Crippen LogP contribution in [0.1, 0.15) is 18.9 Å². The van der Waals surface area contributed by atoms with Crippen LogP contribution in [0.2, 0.25) is 0 Å². The summed E-state index contributed by atoms with van der Waals surface area (Å²) in [7, 11) is -3.80. The normalized spacial score (nSPS) is 21.1. The number of sulfonamides is 1. The lowest BCUT2D eigenvalue weighted by atomic mass is 10.0. The van der Waals surface area contributed by atoms with Crippen molar-refractivity contribution in [1.82, 2.24) is 4.72 Å². The third-order valence-electron chi connectivity index (χ3n) is 3.43. The summed E-state index contributed by atoms with van der Waals surface area (Å²) >= 11 is 0. The Morgan fingerprint density at radius 1 is 1.40 bits per heavy atom. The van der Waals surface area contributed by atoms with Gasteiger partial charge in [-0.1, -0.05) is 6.07 Å². The number of nitrogens with one attached hydrogen (secondary N) is 1. The van der Waals surface area contributed by atoms with Crippen molar-refractivity contribution < 1.29 is 21.9 Å². The van der Waals surface area contributed by atoms with Crippen LogP contribution in [0.3, 0.4) is 0 Å². The van der Waals surface area contributed by atoms with Crippen molar-refractivity contribution in [2.24, 2.45) is 5.92 Å². The highest BCUT2D eigenvalue weighted by atomic mass is 32.2. The molecule has 112 valence electrons. The number of hydrogen-bond acceptors (Lipinski definition) is 3. The van der Waals surface area contributed by atoms with Gasteiger partial charge in [0.15, 0.2) is 0 Å². The van der Waals surface area contributed by atoms with Gasteiger partial charge < -0.3 is 4.74 Å². The molecule has 2 rings (SSSR count). The summed E-state index contributed by atoms with van der Waals surface area (Å²) in [6, 6.07) is 2.97. The number of benzene rings is 1. The molecule has 0 aliphatic carbocycles. The van der Waals surface area contributed by atoms with Crippen LogP contribution in [0.25, 0.3) is 0 Å². The van der Waals surface area contributed by atoms with E-state index in [9.17, 15) is 17.2 Å². The van der Waals surface area contributed by atoms with E-state index >= 15 is 0 Å². The lowest BCUT2D eigenvalue weighted by Gasteiger charge is -2.19. The van der Waals surface area contributed by atoms with Gasteiger partial charge in [-0.25, -0.2) is 21.9 Å². The van der Waals surface area contributed by atoms with Crippen molar-refractivity contribution in [2.45, 2.75) is 25.1 Å². The maximum Gasteiger partial charge on any atom is 0.216 e. The minimum atomic E-state index is -3.80. The average Bonchev–Trinajstić information content (AvgIpc) is 2.87. The smallest absolute Gasteiger partial charge is 0.216 e. The molecule has 0 radical (unpaired) electrons. The second-order valence-electron chi connectivity index (χ2n) is 4.99. The van der Waals surface area contributed by atoms with Gasteiger partial charge in [-0.3, -0.25) is 0 Å². The standard InChI is InChI=1S/C13H17F2NO3S/c1-9(10-5-6-19-7-10)16-20(17,18)8-11-12(14)3-2-4-13(11)15/h2-4,9-10,16H,5-8H2,1H3/t9-,10+/m1/s1. The molecular weight excluding hydrogens is 288 g/mol. The minimum absolute atomic E-state index is 0.0928. The second-order valence-corrected chi connectivity index (χ2v) is 6.74. The lowest BCUT2D eigenvalue weighted by molar-refractivity contribution is 0.180. The molecule has 0 saturated carbocycles. The Morgan fingerprint density at radius 3 is 2.60 bits per heavy atom. The van der Waals surface area contributed by atoms with E-state index in [4.69, 9.17) is 4.74 Å². The molecule has 0 spiro atoms. The summed E-state index contributed by atoms with van der Waals surface area (Å²) in [4.78, 5) is 0. The van der Waals surface area contributed by atoms with Crippen LogP contribution in [0, 0.1) is 17.6 Å². The summed E-state index contributed by atoms with van der Waals surface area (Å²) in [6.45, 7) is 2.84. The van der Waals surface area contributed by atoms with Crippen molar-refractivity contribution in [3.05, 3.63) is 35.4 Å². The highest BCUT2D eigenvalue weighted by molar-refractivity contribution is 7.88. The molecule has 1 fully saturated rings. The Labute approximate surface area is 117 Å². The van der Waals surface area contributed by atoms with Gasteiger partial charge in [-0.15, -0.1) is 0 Å². The first-order valence-electron chi connectivity index (χ1n) is 6.39. The quantitative estimate of drug-likeness (QED) is 0.902. The first-order chi connectivity index (χ1) is 9.39. The Kier molecular flexibility index (Phi) is 4.72. The van der Waals surface area contributed by atoms with Gasteiger partial charge in [0, 0.05) is 24.1 Å². The largest absolute Gasteiger partial charge is 0.381 e. The van der Waals surface area contributed by atoms with Gasteiger partial charge in [-0.05, 0) is 25.5 Å². The molecule has 20 heavy (non-hydrogen) atoms. The third kappa shape index (κ3) is 3.74. The molecule has 0 aromatic heterocycles. The molecule has 1 N–H and O–H groups in total. The molecule has 1 saturated heterocycles. The second kappa shape index (κ2) is 6.15. The predicted molar refractivity (Wildman–Crippen MR) is 70.5 cm³/mol. The van der Waals surface area contributed by atoms with Crippen molar-refractivity contribution >= 4 is 10.0 Å². The van der Waals surface area contributed by atoms with E-state index in [0.717, 1.165) is 18.6 Å². The number of hydrogen-bond donors (Lipinski definition) is 1. The maximum absolute atomic E-state index is 13.5. The summed E-state index contributed by atoms with van der Waals surface area (Å²) in [5, 5.41) is 0. The van der Waals surface area contributed by atoms with Crippen LogP contribution >= 0.6 is 0 Å². The first-order valence-corrected chi connectivity index (χ1v) is 8.05. The van der Waals surface area contributed by atoms with Crippen molar-refractivity contribution in [2.75, 3.05) is 13.2 Å². The fraction of sp³-hybridized carbons (Fsp3) is 0.538. The molecule has 0 amide bonds. The van der Waals surface area contributed by atoms with E-state index < -0.39 is 33.0 Å². The van der Waals surface area contributed by atoms with Crippen LogP contribution in [-0.4, -0.2) is 27.7 Å². The molecule has 4 nitrogen and oxygen atoms in total. The Hall–Kier alpha value is -1.05. The summed E-state index contributed by atoms with van der Waals surface area (Å²) in [6.07, 6.45) is 0.776. The summed E-state index contributed by atoms with van der Waals surface area (Å²) in [5.74, 6) is -2.32. The molecule has 1 aliphatic rings. The van der Waals surface area contributed by atoms with E-state index in [0.29, 0.717) is 13.2 Å². The van der Waals surface area contributed by atoms with Crippen LogP contribution in [0.4, 0.5) is 8.78 Å². The summed E-state index contributed by atoms with van der Waals surface area (Å²) < 4.78 is 58.6. The Morgan fingerprint density at radius 2 is 2.05 bits per heavy atom. The van der Waals surface area contributed by atoms with Gasteiger partial charge in [0.2, 0.25) is 10.0 Å². The highest BCUT2D eigenvalue weighted by Crippen LogP contribution is 2.19. The summed E-state index contributed by atoms with van der Waals surface area (Å²) in [5.41, 5.74) is -0.435. The van der Waals surface area contributed by atoms with Crippen molar-refractivity contribution in [3.63, 3.8) is 0 Å². The Bertz CT molecular complexity index is 551. The predicted octanol–water partition coefficient (Wildman–Crippen LogP) is 1.81. The van der Waals surface area contributed by atoms with E-state index in [-0.39, 0.29) is 12.0 Å². The van der Waals surface area contributed by atoms with E-state index in [1.54, 1.807) is 6.92 Å². The highest BCUT2D eigenvalue weighted by Gasteiger charge is 2.27. The maximum atomic E-state index is 13.5. The van der Waals surface area contributed by atoms with Crippen molar-refractivity contribution in [1.29, 1.82) is 0 Å². The third-order valence-corrected chi connectivity index (χ3v) is 4.83. The molecule has 2 atom stereocenters.